The summed E-state index contributed by atoms with van der Waals surface area (Å²) >= 11 is 6.48. The molecule has 4 aromatic rings. The maximum atomic E-state index is 13.7. The van der Waals surface area contributed by atoms with Crippen molar-refractivity contribution < 1.29 is 4.39 Å². The topological polar surface area (TPSA) is 97.8 Å². The molecule has 0 bridgehead atoms. The molecule has 0 fully saturated rings. The largest absolute Gasteiger partial charge is 0.358 e. The van der Waals surface area contributed by atoms with Crippen molar-refractivity contribution in [3.05, 3.63) is 69.4 Å². The highest BCUT2D eigenvalue weighted by Crippen LogP contribution is 2.37. The zero-order valence-electron chi connectivity index (χ0n) is 18.7. The molecule has 2 atom stereocenters. The second-order valence-electron chi connectivity index (χ2n) is 8.59. The van der Waals surface area contributed by atoms with Gasteiger partial charge in [-0.1, -0.05) is 13.0 Å². The molecule has 0 aliphatic heterocycles. The number of allylic oxidation sites excluding steroid dienone is 1. The molecule has 3 N–H and O–H groups in total. The quantitative estimate of drug-likeness (QED) is 0.458. The van der Waals surface area contributed by atoms with Gasteiger partial charge in [0.05, 0.1) is 11.9 Å². The third kappa shape index (κ3) is 3.73. The molecule has 5 rings (SSSR count). The number of nitrogens with one attached hydrogen (secondary N) is 1. The summed E-state index contributed by atoms with van der Waals surface area (Å²) in [6.07, 6.45) is 9.55. The van der Waals surface area contributed by atoms with Crippen LogP contribution in [0.2, 0.25) is 5.28 Å². The number of aromatic nitrogens is 6. The van der Waals surface area contributed by atoms with E-state index < -0.39 is 5.82 Å². The first kappa shape index (κ1) is 21.7. The number of halogens is 2. The number of aromatic amines is 1. The van der Waals surface area contributed by atoms with Crippen LogP contribution in [0.1, 0.15) is 60.0 Å². The average Bonchev–Trinajstić information content (AvgIpc) is 3.31. The maximum absolute atomic E-state index is 13.7. The van der Waals surface area contributed by atoms with Crippen molar-refractivity contribution in [3.63, 3.8) is 0 Å². The minimum atomic E-state index is -0.460. The lowest BCUT2D eigenvalue weighted by Gasteiger charge is -2.21. The zero-order chi connectivity index (χ0) is 23.3. The van der Waals surface area contributed by atoms with Gasteiger partial charge in [0, 0.05) is 40.7 Å². The Balaban J connectivity index is 1.65. The van der Waals surface area contributed by atoms with E-state index in [1.807, 2.05) is 19.9 Å². The summed E-state index contributed by atoms with van der Waals surface area (Å²) in [7, 11) is 0. The SMILES string of the molecule is C/C=C\c1[nH]c2c(c1C(C)c1nn3c(Cl)nc(-c4cncc(F)c4)nc3c1C)C[C@H](N)CC2. The molecule has 7 nitrogen and oxygen atoms in total. The van der Waals surface area contributed by atoms with Gasteiger partial charge in [-0.25, -0.2) is 9.37 Å². The van der Waals surface area contributed by atoms with Gasteiger partial charge in [0.15, 0.2) is 11.5 Å². The molecule has 0 radical (unpaired) electrons. The number of fused-ring (bicyclic) bond motifs is 2. The Morgan fingerprint density at radius 2 is 2.15 bits per heavy atom. The Morgan fingerprint density at radius 3 is 2.91 bits per heavy atom. The number of H-pyrrole nitrogens is 1. The van der Waals surface area contributed by atoms with Crippen LogP contribution in [0, 0.1) is 12.7 Å². The summed E-state index contributed by atoms with van der Waals surface area (Å²) in [5.74, 6) is -0.168. The van der Waals surface area contributed by atoms with Crippen LogP contribution in [0.3, 0.4) is 0 Å². The van der Waals surface area contributed by atoms with Crippen molar-refractivity contribution in [1.82, 2.24) is 29.5 Å². The van der Waals surface area contributed by atoms with Crippen molar-refractivity contribution in [2.45, 2.75) is 52.0 Å². The van der Waals surface area contributed by atoms with E-state index in [-0.39, 0.29) is 17.2 Å². The summed E-state index contributed by atoms with van der Waals surface area (Å²) in [5, 5.41) is 4.95. The van der Waals surface area contributed by atoms with Crippen LogP contribution >= 0.6 is 11.6 Å². The molecule has 4 heterocycles. The van der Waals surface area contributed by atoms with E-state index in [4.69, 9.17) is 22.4 Å². The first-order valence-corrected chi connectivity index (χ1v) is 11.4. The molecule has 0 spiro atoms. The van der Waals surface area contributed by atoms with Gasteiger partial charge in [-0.15, -0.1) is 0 Å². The Kier molecular flexibility index (Phi) is 5.50. The Bertz CT molecular complexity index is 1390. The highest BCUT2D eigenvalue weighted by atomic mass is 35.5. The molecule has 9 heteroatoms. The molecule has 1 aliphatic rings. The van der Waals surface area contributed by atoms with Gasteiger partial charge >= 0.3 is 0 Å². The number of nitrogens with zero attached hydrogens (tertiary/aromatic N) is 5. The van der Waals surface area contributed by atoms with Crippen molar-refractivity contribution >= 4 is 23.3 Å². The number of hydrogen-bond acceptors (Lipinski definition) is 5. The number of rotatable bonds is 4. The first-order valence-electron chi connectivity index (χ1n) is 11.0. The molecule has 0 saturated carbocycles. The second-order valence-corrected chi connectivity index (χ2v) is 8.93. The molecule has 4 aromatic heterocycles. The molecule has 170 valence electrons. The van der Waals surface area contributed by atoms with Crippen LogP contribution < -0.4 is 5.73 Å². The maximum Gasteiger partial charge on any atom is 0.227 e. The monoisotopic (exact) mass is 465 g/mol. The summed E-state index contributed by atoms with van der Waals surface area (Å²) in [5.41, 5.74) is 14.0. The van der Waals surface area contributed by atoms with Crippen LogP contribution in [-0.2, 0) is 12.8 Å². The number of pyridine rings is 1. The van der Waals surface area contributed by atoms with Crippen LogP contribution in [0.25, 0.3) is 23.1 Å². The van der Waals surface area contributed by atoms with Crippen molar-refractivity contribution in [3.8, 4) is 11.4 Å². The summed E-state index contributed by atoms with van der Waals surface area (Å²) in [4.78, 5) is 16.5. The normalized spacial score (nSPS) is 17.1. The highest BCUT2D eigenvalue weighted by Gasteiger charge is 2.29. The number of nitrogens with two attached hydrogens (primary N) is 1. The summed E-state index contributed by atoms with van der Waals surface area (Å²) in [6.45, 7) is 6.13. The van der Waals surface area contributed by atoms with Crippen molar-refractivity contribution in [2.24, 2.45) is 5.73 Å². The third-order valence-electron chi connectivity index (χ3n) is 6.35. The Morgan fingerprint density at radius 1 is 1.33 bits per heavy atom. The van der Waals surface area contributed by atoms with E-state index in [1.54, 1.807) is 4.52 Å². The minimum Gasteiger partial charge on any atom is -0.358 e. The van der Waals surface area contributed by atoms with Crippen LogP contribution in [0.15, 0.2) is 24.5 Å². The Labute approximate surface area is 195 Å². The fraction of sp³-hybridized carbons (Fsp3) is 0.333. The van der Waals surface area contributed by atoms with Crippen molar-refractivity contribution in [2.75, 3.05) is 0 Å². The van der Waals surface area contributed by atoms with E-state index >= 15 is 0 Å². The predicted octanol–water partition coefficient (Wildman–Crippen LogP) is 4.62. The van der Waals surface area contributed by atoms with E-state index in [9.17, 15) is 4.39 Å². The van der Waals surface area contributed by atoms with Gasteiger partial charge in [-0.3, -0.25) is 4.98 Å². The van der Waals surface area contributed by atoms with Gasteiger partial charge in [-0.05, 0) is 68.0 Å². The summed E-state index contributed by atoms with van der Waals surface area (Å²) in [6, 6.07) is 1.49. The molecule has 0 amide bonds. The highest BCUT2D eigenvalue weighted by molar-refractivity contribution is 6.28. The molecule has 0 aromatic carbocycles. The van der Waals surface area contributed by atoms with E-state index in [0.717, 1.165) is 42.4 Å². The van der Waals surface area contributed by atoms with Gasteiger partial charge < -0.3 is 10.7 Å². The van der Waals surface area contributed by atoms with Gasteiger partial charge in [0.2, 0.25) is 5.28 Å². The zero-order valence-corrected chi connectivity index (χ0v) is 19.5. The van der Waals surface area contributed by atoms with Crippen molar-refractivity contribution in [1.29, 1.82) is 0 Å². The van der Waals surface area contributed by atoms with Crippen LogP contribution in [0.4, 0.5) is 4.39 Å². The molecule has 1 unspecified atom stereocenters. The molecule has 33 heavy (non-hydrogen) atoms. The smallest absolute Gasteiger partial charge is 0.227 e. The van der Waals surface area contributed by atoms with E-state index in [0.29, 0.717) is 17.0 Å². The fourth-order valence-electron chi connectivity index (χ4n) is 4.80. The van der Waals surface area contributed by atoms with E-state index in [1.165, 1.54) is 29.1 Å². The molecular weight excluding hydrogens is 441 g/mol. The standard InChI is InChI=1S/C24H25ClFN7/c1-4-5-19-20(17-9-16(27)6-7-18(17)29-19)12(2)21-13(3)23-30-22(31-24(25)33(23)32-21)14-8-15(26)11-28-10-14/h4-5,8,10-12,16,29H,6-7,9,27H2,1-3H3/b5-4-/t12?,16-/m1/s1. The molecular formula is C24H25ClFN7. The predicted molar refractivity (Wildman–Crippen MR) is 127 cm³/mol. The number of aryl methyl sites for hydroxylation is 2. The van der Waals surface area contributed by atoms with Gasteiger partial charge in [0.25, 0.3) is 0 Å². The molecule has 0 saturated heterocycles. The third-order valence-corrected chi connectivity index (χ3v) is 6.59. The summed E-state index contributed by atoms with van der Waals surface area (Å²) < 4.78 is 15.2. The van der Waals surface area contributed by atoms with E-state index in [2.05, 4.69) is 32.9 Å². The van der Waals surface area contributed by atoms with Crippen LogP contribution in [0.5, 0.6) is 0 Å². The first-order chi connectivity index (χ1) is 15.9. The second kappa shape index (κ2) is 8.35. The number of hydrogen-bond donors (Lipinski definition) is 2. The lowest BCUT2D eigenvalue weighted by molar-refractivity contribution is 0.568. The lowest BCUT2D eigenvalue weighted by Crippen LogP contribution is -2.28. The minimum absolute atomic E-state index is 0.0152. The molecule has 1 aliphatic carbocycles. The van der Waals surface area contributed by atoms with Crippen LogP contribution in [-0.4, -0.2) is 35.6 Å². The fourth-order valence-corrected chi connectivity index (χ4v) is 5.00. The lowest BCUT2D eigenvalue weighted by atomic mass is 9.85. The average molecular weight is 466 g/mol. The Hall–Kier alpha value is -3.10. The van der Waals surface area contributed by atoms with Gasteiger partial charge in [-0.2, -0.15) is 14.6 Å². The van der Waals surface area contributed by atoms with Gasteiger partial charge in [0.1, 0.15) is 5.82 Å².